The fourth-order valence-corrected chi connectivity index (χ4v) is 2.29. The van der Waals surface area contributed by atoms with Gasteiger partial charge in [0.25, 0.3) is 0 Å². The molecule has 0 bridgehead atoms. The monoisotopic (exact) mass is 287 g/mol. The van der Waals surface area contributed by atoms with Crippen LogP contribution in [0.4, 0.5) is 5.69 Å². The van der Waals surface area contributed by atoms with E-state index in [4.69, 9.17) is 5.21 Å². The summed E-state index contributed by atoms with van der Waals surface area (Å²) in [5, 5.41) is 13.0. The van der Waals surface area contributed by atoms with Gasteiger partial charge in [0, 0.05) is 30.2 Å². The molecule has 0 saturated carbocycles. The van der Waals surface area contributed by atoms with Crippen molar-refractivity contribution in [3.63, 3.8) is 0 Å². The number of hydroxylamine groups is 1. The summed E-state index contributed by atoms with van der Waals surface area (Å²) in [6, 6.07) is 10.1. The van der Waals surface area contributed by atoms with Crippen molar-refractivity contribution in [2.75, 3.05) is 11.9 Å². The van der Waals surface area contributed by atoms with Crippen LogP contribution in [0.2, 0.25) is 0 Å². The molecule has 0 aliphatic carbocycles. The number of unbranched alkanes of at least 4 members (excludes halogenated alkanes) is 3. The molecule has 2 aromatic rings. The lowest BCUT2D eigenvalue weighted by Gasteiger charge is -2.09. The third-order valence-corrected chi connectivity index (χ3v) is 3.42. The van der Waals surface area contributed by atoms with E-state index < -0.39 is 0 Å². The van der Waals surface area contributed by atoms with Gasteiger partial charge in [-0.25, -0.2) is 5.48 Å². The first kappa shape index (κ1) is 15.3. The minimum atomic E-state index is -0.309. The van der Waals surface area contributed by atoms with Gasteiger partial charge in [-0.05, 0) is 25.0 Å². The molecular weight excluding hydrogens is 266 g/mol. The van der Waals surface area contributed by atoms with E-state index in [1.165, 1.54) is 0 Å². The minimum Gasteiger partial charge on any atom is -0.384 e. The molecule has 5 heteroatoms. The normalized spacial score (nSPS) is 10.5. The summed E-state index contributed by atoms with van der Waals surface area (Å²) in [6.07, 6.45) is 6.12. The zero-order chi connectivity index (χ0) is 14.9. The maximum Gasteiger partial charge on any atom is 0.243 e. The molecule has 0 atom stereocenters. The van der Waals surface area contributed by atoms with Gasteiger partial charge < -0.3 is 5.32 Å². The van der Waals surface area contributed by atoms with Crippen LogP contribution in [0, 0.1) is 0 Å². The number of para-hydroxylation sites is 1. The quantitative estimate of drug-likeness (QED) is 0.396. The number of carbonyl (C=O) groups is 1. The molecule has 1 heterocycles. The Morgan fingerprint density at radius 2 is 1.90 bits per heavy atom. The summed E-state index contributed by atoms with van der Waals surface area (Å²) >= 11 is 0. The van der Waals surface area contributed by atoms with E-state index in [0.717, 1.165) is 48.8 Å². The van der Waals surface area contributed by atoms with Crippen molar-refractivity contribution in [3.05, 3.63) is 36.5 Å². The first-order chi connectivity index (χ1) is 10.3. The van der Waals surface area contributed by atoms with Crippen molar-refractivity contribution in [1.29, 1.82) is 0 Å². The molecule has 21 heavy (non-hydrogen) atoms. The summed E-state index contributed by atoms with van der Waals surface area (Å²) in [5.74, 6) is -0.309. The van der Waals surface area contributed by atoms with E-state index in [9.17, 15) is 4.79 Å². The van der Waals surface area contributed by atoms with Crippen LogP contribution in [-0.2, 0) is 4.79 Å². The Bertz CT molecular complexity index is 581. The van der Waals surface area contributed by atoms with Gasteiger partial charge in [-0.2, -0.15) is 0 Å². The summed E-state index contributed by atoms with van der Waals surface area (Å²) < 4.78 is 0. The molecule has 1 aromatic heterocycles. The third kappa shape index (κ3) is 4.72. The average molecular weight is 287 g/mol. The molecule has 0 spiro atoms. The second kappa shape index (κ2) is 8.21. The summed E-state index contributed by atoms with van der Waals surface area (Å²) in [4.78, 5) is 15.2. The number of anilines is 1. The number of hydrogen-bond donors (Lipinski definition) is 3. The highest BCUT2D eigenvalue weighted by Crippen LogP contribution is 2.20. The molecule has 5 nitrogen and oxygen atoms in total. The topological polar surface area (TPSA) is 74.2 Å². The molecule has 0 fully saturated rings. The first-order valence-electron chi connectivity index (χ1n) is 7.32. The lowest BCUT2D eigenvalue weighted by molar-refractivity contribution is -0.129. The van der Waals surface area contributed by atoms with E-state index in [0.29, 0.717) is 6.42 Å². The molecule has 112 valence electrons. The summed E-state index contributed by atoms with van der Waals surface area (Å²) in [7, 11) is 0. The van der Waals surface area contributed by atoms with Crippen LogP contribution in [0.15, 0.2) is 36.5 Å². The number of aromatic nitrogens is 1. The number of fused-ring (bicyclic) bond motifs is 1. The number of amides is 1. The lowest BCUT2D eigenvalue weighted by atomic mass is 10.1. The van der Waals surface area contributed by atoms with E-state index in [2.05, 4.69) is 16.4 Å². The molecule has 0 aliphatic rings. The smallest absolute Gasteiger partial charge is 0.243 e. The van der Waals surface area contributed by atoms with Gasteiger partial charge in [0.1, 0.15) is 0 Å². The molecule has 1 amide bonds. The Balaban J connectivity index is 1.70. The zero-order valence-electron chi connectivity index (χ0n) is 12.0. The average Bonchev–Trinajstić information content (AvgIpc) is 2.53. The number of carbonyl (C=O) groups excluding carboxylic acids is 1. The van der Waals surface area contributed by atoms with Crippen LogP contribution in [0.25, 0.3) is 10.9 Å². The fourth-order valence-electron chi connectivity index (χ4n) is 2.29. The SMILES string of the molecule is O=C(CCCCCCNc1ccnc2ccccc12)NO. The minimum absolute atomic E-state index is 0.309. The Labute approximate surface area is 124 Å². The standard InChI is InChI=1S/C16H21N3O2/c20-16(19-21)9-3-1-2-6-11-17-15-10-12-18-14-8-5-4-7-13(14)15/h4-5,7-8,10,12,21H,1-3,6,9,11H2,(H,17,18)(H,19,20). The number of nitrogens with one attached hydrogen (secondary N) is 2. The highest BCUT2D eigenvalue weighted by Gasteiger charge is 2.01. The predicted molar refractivity (Wildman–Crippen MR) is 83.2 cm³/mol. The molecule has 0 aliphatic heterocycles. The zero-order valence-corrected chi connectivity index (χ0v) is 12.0. The molecule has 3 N–H and O–H groups in total. The molecule has 0 unspecified atom stereocenters. The van der Waals surface area contributed by atoms with E-state index in [1.807, 2.05) is 30.5 Å². The highest BCUT2D eigenvalue weighted by atomic mass is 16.5. The van der Waals surface area contributed by atoms with Crippen molar-refractivity contribution >= 4 is 22.5 Å². The molecule has 2 rings (SSSR count). The molecule has 0 saturated heterocycles. The van der Waals surface area contributed by atoms with E-state index in [-0.39, 0.29) is 5.91 Å². The number of pyridine rings is 1. The van der Waals surface area contributed by atoms with Crippen molar-refractivity contribution in [2.24, 2.45) is 0 Å². The van der Waals surface area contributed by atoms with Crippen LogP contribution >= 0.6 is 0 Å². The lowest BCUT2D eigenvalue weighted by Crippen LogP contribution is -2.17. The summed E-state index contributed by atoms with van der Waals surface area (Å²) in [6.45, 7) is 0.903. The number of benzene rings is 1. The third-order valence-electron chi connectivity index (χ3n) is 3.42. The number of hydrogen-bond acceptors (Lipinski definition) is 4. The first-order valence-corrected chi connectivity index (χ1v) is 7.32. The Hall–Kier alpha value is -2.14. The Morgan fingerprint density at radius 3 is 2.76 bits per heavy atom. The van der Waals surface area contributed by atoms with Gasteiger partial charge in [-0.15, -0.1) is 0 Å². The maximum atomic E-state index is 10.8. The highest BCUT2D eigenvalue weighted by molar-refractivity contribution is 5.90. The van der Waals surface area contributed by atoms with Gasteiger partial charge in [0.15, 0.2) is 0 Å². The number of nitrogens with zero attached hydrogens (tertiary/aromatic N) is 1. The molecule has 1 aromatic carbocycles. The van der Waals surface area contributed by atoms with Gasteiger partial charge >= 0.3 is 0 Å². The maximum absolute atomic E-state index is 10.8. The predicted octanol–water partition coefficient (Wildman–Crippen LogP) is 3.10. The van der Waals surface area contributed by atoms with Crippen molar-refractivity contribution in [3.8, 4) is 0 Å². The largest absolute Gasteiger partial charge is 0.384 e. The van der Waals surface area contributed by atoms with Gasteiger partial charge in [-0.3, -0.25) is 15.0 Å². The van der Waals surface area contributed by atoms with Crippen LogP contribution in [0.1, 0.15) is 32.1 Å². The van der Waals surface area contributed by atoms with Crippen molar-refractivity contribution in [1.82, 2.24) is 10.5 Å². The van der Waals surface area contributed by atoms with Crippen molar-refractivity contribution < 1.29 is 10.0 Å². The second-order valence-electron chi connectivity index (χ2n) is 5.00. The van der Waals surface area contributed by atoms with Crippen LogP contribution in [0.3, 0.4) is 0 Å². The Morgan fingerprint density at radius 1 is 1.10 bits per heavy atom. The van der Waals surface area contributed by atoms with Crippen molar-refractivity contribution in [2.45, 2.75) is 32.1 Å². The van der Waals surface area contributed by atoms with E-state index in [1.54, 1.807) is 5.48 Å². The number of rotatable bonds is 8. The summed E-state index contributed by atoms with van der Waals surface area (Å²) in [5.41, 5.74) is 3.76. The van der Waals surface area contributed by atoms with Gasteiger partial charge in [-0.1, -0.05) is 31.0 Å². The van der Waals surface area contributed by atoms with E-state index >= 15 is 0 Å². The molecule has 0 radical (unpaired) electrons. The fraction of sp³-hybridized carbons (Fsp3) is 0.375. The van der Waals surface area contributed by atoms with Crippen LogP contribution in [0.5, 0.6) is 0 Å². The Kier molecular flexibility index (Phi) is 5.97. The molecular formula is C16H21N3O2. The van der Waals surface area contributed by atoms with Gasteiger partial charge in [0.2, 0.25) is 5.91 Å². The van der Waals surface area contributed by atoms with Crippen LogP contribution < -0.4 is 10.8 Å². The van der Waals surface area contributed by atoms with Gasteiger partial charge in [0.05, 0.1) is 5.52 Å². The van der Waals surface area contributed by atoms with Crippen LogP contribution in [-0.4, -0.2) is 22.6 Å². The second-order valence-corrected chi connectivity index (χ2v) is 5.00.